The van der Waals surface area contributed by atoms with Crippen LogP contribution in [0.5, 0.6) is 0 Å². The minimum atomic E-state index is -3.45. The average Bonchev–Trinajstić information content (AvgIpc) is 2.52. The summed E-state index contributed by atoms with van der Waals surface area (Å²) in [6, 6.07) is 0. The van der Waals surface area contributed by atoms with Crippen LogP contribution in [0.15, 0.2) is 0 Å². The van der Waals surface area contributed by atoms with E-state index in [1.54, 1.807) is 0 Å². The molecule has 1 fully saturated rings. The van der Waals surface area contributed by atoms with Crippen molar-refractivity contribution in [2.75, 3.05) is 7.11 Å². The maximum absolute atomic E-state index is 12.5. The van der Waals surface area contributed by atoms with Gasteiger partial charge in [0, 0.05) is 0 Å². The normalized spacial score (nSPS) is 30.9. The lowest BCUT2D eigenvalue weighted by molar-refractivity contribution is -0.146. The van der Waals surface area contributed by atoms with Crippen LogP contribution < -0.4 is 0 Å². The number of carboxylic acids is 1. The molecule has 68 valence electrons. The Balaban J connectivity index is 2.73. The van der Waals surface area contributed by atoms with Gasteiger partial charge in [0.1, 0.15) is 11.8 Å². The van der Waals surface area contributed by atoms with Crippen LogP contribution in [0.2, 0.25) is 0 Å². The molecule has 2 atom stereocenters. The smallest absolute Gasteiger partial charge is 0.315 e. The van der Waals surface area contributed by atoms with Crippen LogP contribution in [0.25, 0.3) is 0 Å². The van der Waals surface area contributed by atoms with Gasteiger partial charge in [0.2, 0.25) is 0 Å². The van der Waals surface area contributed by atoms with E-state index >= 15 is 0 Å². The van der Waals surface area contributed by atoms with Crippen molar-refractivity contribution < 1.29 is 28.2 Å². The Hall–Kier alpha value is -1.20. The molecule has 1 N–H and O–H groups in total. The third kappa shape index (κ3) is 1.03. The van der Waals surface area contributed by atoms with Crippen molar-refractivity contribution in [1.29, 1.82) is 0 Å². The Morgan fingerprint density at radius 2 is 1.92 bits per heavy atom. The summed E-state index contributed by atoms with van der Waals surface area (Å²) < 4.78 is 28.9. The molecule has 0 spiro atoms. The molecule has 1 aliphatic carbocycles. The largest absolute Gasteiger partial charge is 0.481 e. The fraction of sp³-hybridized carbons (Fsp3) is 0.667. The summed E-state index contributed by atoms with van der Waals surface area (Å²) in [7, 11) is 0.940. The van der Waals surface area contributed by atoms with E-state index in [9.17, 15) is 18.4 Å². The van der Waals surface area contributed by atoms with Crippen molar-refractivity contribution >= 4 is 11.9 Å². The van der Waals surface area contributed by atoms with Gasteiger partial charge in [0.05, 0.1) is 7.11 Å². The number of rotatable bonds is 2. The van der Waals surface area contributed by atoms with Crippen LogP contribution in [-0.2, 0) is 14.3 Å². The average molecular weight is 180 g/mol. The van der Waals surface area contributed by atoms with Crippen molar-refractivity contribution in [3.8, 4) is 0 Å². The van der Waals surface area contributed by atoms with Crippen molar-refractivity contribution in [2.24, 2.45) is 11.8 Å². The highest BCUT2D eigenvalue weighted by Crippen LogP contribution is 2.55. The van der Waals surface area contributed by atoms with Gasteiger partial charge < -0.3 is 9.84 Å². The van der Waals surface area contributed by atoms with Crippen molar-refractivity contribution in [1.82, 2.24) is 0 Å². The number of hydrogen-bond acceptors (Lipinski definition) is 3. The predicted molar refractivity (Wildman–Crippen MR) is 31.6 cm³/mol. The quantitative estimate of drug-likeness (QED) is 0.613. The minimum absolute atomic E-state index is 0.940. The lowest BCUT2D eigenvalue weighted by Gasteiger charge is -1.93. The van der Waals surface area contributed by atoms with Gasteiger partial charge in [-0.1, -0.05) is 0 Å². The van der Waals surface area contributed by atoms with Crippen LogP contribution in [-0.4, -0.2) is 30.1 Å². The Morgan fingerprint density at radius 3 is 2.17 bits per heavy atom. The first kappa shape index (κ1) is 8.89. The van der Waals surface area contributed by atoms with Gasteiger partial charge in [-0.25, -0.2) is 8.78 Å². The second-order valence-corrected chi connectivity index (χ2v) is 2.49. The van der Waals surface area contributed by atoms with Crippen LogP contribution in [0.3, 0.4) is 0 Å². The Bertz CT molecular complexity index is 238. The number of esters is 1. The zero-order valence-electron chi connectivity index (χ0n) is 6.08. The van der Waals surface area contributed by atoms with E-state index in [1.807, 2.05) is 0 Å². The van der Waals surface area contributed by atoms with Crippen LogP contribution in [0.4, 0.5) is 8.78 Å². The zero-order chi connectivity index (χ0) is 9.52. The predicted octanol–water partition coefficient (Wildman–Crippen LogP) is 0.125. The topological polar surface area (TPSA) is 63.6 Å². The number of ether oxygens (including phenoxy) is 1. The van der Waals surface area contributed by atoms with E-state index < -0.39 is 29.7 Å². The molecule has 0 aromatic carbocycles. The van der Waals surface area contributed by atoms with E-state index in [-0.39, 0.29) is 0 Å². The number of methoxy groups -OCH3 is 1. The lowest BCUT2D eigenvalue weighted by atomic mass is 10.3. The van der Waals surface area contributed by atoms with E-state index in [0.29, 0.717) is 0 Å². The molecule has 0 saturated heterocycles. The number of carbonyl (C=O) groups is 2. The molecule has 1 saturated carbocycles. The first-order valence-electron chi connectivity index (χ1n) is 3.11. The molecule has 0 amide bonds. The number of hydrogen-bond donors (Lipinski definition) is 1. The fourth-order valence-corrected chi connectivity index (χ4v) is 1.05. The minimum Gasteiger partial charge on any atom is -0.481 e. The van der Waals surface area contributed by atoms with Gasteiger partial charge in [0.15, 0.2) is 0 Å². The molecule has 0 radical (unpaired) electrons. The third-order valence-corrected chi connectivity index (χ3v) is 1.77. The molecule has 0 aromatic rings. The fourth-order valence-electron chi connectivity index (χ4n) is 1.05. The Kier molecular flexibility index (Phi) is 1.78. The second-order valence-electron chi connectivity index (χ2n) is 2.49. The number of aliphatic carboxylic acids is 1. The van der Waals surface area contributed by atoms with Crippen molar-refractivity contribution in [2.45, 2.75) is 5.92 Å². The SMILES string of the molecule is COC(=O)[C@@H]1[C@H](C(=O)O)C1(F)F. The lowest BCUT2D eigenvalue weighted by Crippen LogP contribution is -2.09. The van der Waals surface area contributed by atoms with Crippen LogP contribution in [0.1, 0.15) is 0 Å². The maximum Gasteiger partial charge on any atom is 0.315 e. The molecular formula is C6H6F2O4. The monoisotopic (exact) mass is 180 g/mol. The highest BCUT2D eigenvalue weighted by Gasteiger charge is 2.76. The second kappa shape index (κ2) is 2.40. The Morgan fingerprint density at radius 1 is 1.42 bits per heavy atom. The summed E-state index contributed by atoms with van der Waals surface area (Å²) in [5.74, 6) is -10.0. The molecule has 4 nitrogen and oxygen atoms in total. The number of halogens is 2. The summed E-state index contributed by atoms with van der Waals surface area (Å²) in [5.41, 5.74) is 0. The molecule has 12 heavy (non-hydrogen) atoms. The summed E-state index contributed by atoms with van der Waals surface area (Å²) in [4.78, 5) is 20.7. The zero-order valence-corrected chi connectivity index (χ0v) is 6.08. The molecule has 0 heterocycles. The molecule has 0 aromatic heterocycles. The molecule has 0 aliphatic heterocycles. The summed E-state index contributed by atoms with van der Waals surface area (Å²) >= 11 is 0. The first-order valence-corrected chi connectivity index (χ1v) is 3.11. The molecular weight excluding hydrogens is 174 g/mol. The molecule has 1 aliphatic rings. The van der Waals surface area contributed by atoms with Gasteiger partial charge in [-0.3, -0.25) is 9.59 Å². The van der Waals surface area contributed by atoms with Gasteiger partial charge >= 0.3 is 11.9 Å². The highest BCUT2D eigenvalue weighted by molar-refractivity contribution is 5.89. The van der Waals surface area contributed by atoms with Crippen LogP contribution >= 0.6 is 0 Å². The van der Waals surface area contributed by atoms with Gasteiger partial charge in [-0.2, -0.15) is 0 Å². The van der Waals surface area contributed by atoms with Gasteiger partial charge in [-0.05, 0) is 0 Å². The number of carboxylic acid groups (broad SMARTS) is 1. The number of carbonyl (C=O) groups excluding carboxylic acids is 1. The van der Waals surface area contributed by atoms with Crippen molar-refractivity contribution in [3.63, 3.8) is 0 Å². The first-order chi connectivity index (χ1) is 5.42. The Labute approximate surface area is 66.1 Å². The summed E-state index contributed by atoms with van der Waals surface area (Å²) in [6.07, 6.45) is 0. The maximum atomic E-state index is 12.5. The van der Waals surface area contributed by atoms with Crippen LogP contribution in [0, 0.1) is 11.8 Å². The molecule has 0 bridgehead atoms. The van der Waals surface area contributed by atoms with Gasteiger partial charge in [0.25, 0.3) is 5.92 Å². The van der Waals surface area contributed by atoms with Gasteiger partial charge in [-0.15, -0.1) is 0 Å². The van der Waals surface area contributed by atoms with Crippen molar-refractivity contribution in [3.05, 3.63) is 0 Å². The van der Waals surface area contributed by atoms with E-state index in [4.69, 9.17) is 5.11 Å². The molecule has 1 rings (SSSR count). The summed E-state index contributed by atoms with van der Waals surface area (Å²) in [5, 5.41) is 8.22. The molecule has 0 unspecified atom stereocenters. The highest BCUT2D eigenvalue weighted by atomic mass is 19.3. The van der Waals surface area contributed by atoms with E-state index in [1.165, 1.54) is 0 Å². The third-order valence-electron chi connectivity index (χ3n) is 1.77. The number of alkyl halides is 2. The summed E-state index contributed by atoms with van der Waals surface area (Å²) in [6.45, 7) is 0. The van der Waals surface area contributed by atoms with E-state index in [2.05, 4.69) is 4.74 Å². The molecule has 6 heteroatoms. The standard InChI is InChI=1S/C6H6F2O4/c1-12-5(11)3-2(4(9)10)6(3,7)8/h2-3H,1H3,(H,9,10)/t2-,3+/m1/s1. The van der Waals surface area contributed by atoms with E-state index in [0.717, 1.165) is 7.11 Å².